The summed E-state index contributed by atoms with van der Waals surface area (Å²) in [5.41, 5.74) is 0.692. The fraction of sp³-hybridized carbons (Fsp3) is 0. The smallest absolute Gasteiger partial charge is 0.287 e. The van der Waals surface area contributed by atoms with E-state index in [0.29, 0.717) is 16.5 Å². The first kappa shape index (κ1) is 18.3. The Morgan fingerprint density at radius 1 is 0.964 bits per heavy atom. The standard InChI is InChI=1S/C19H13ClFN3O3S/c20-14-4-1-2-5-15(14)27-16-6-3-7-17-18(16)23-19(24-28(17,25)26)22-13-10-8-12(21)9-11-13/h1-11H,(H2,22,23,24). The van der Waals surface area contributed by atoms with Crippen LogP contribution in [0, 0.1) is 5.82 Å². The molecule has 9 heteroatoms. The van der Waals surface area contributed by atoms with E-state index in [1.54, 1.807) is 36.4 Å². The number of benzene rings is 3. The lowest BCUT2D eigenvalue weighted by atomic mass is 10.2. The van der Waals surface area contributed by atoms with Gasteiger partial charge in [0.25, 0.3) is 10.0 Å². The predicted octanol–water partition coefficient (Wildman–Crippen LogP) is 4.85. The van der Waals surface area contributed by atoms with E-state index in [1.807, 2.05) is 0 Å². The van der Waals surface area contributed by atoms with Gasteiger partial charge in [-0.25, -0.2) is 4.39 Å². The Kier molecular flexibility index (Phi) is 4.66. The number of sulfonamides is 1. The molecular weight excluding hydrogens is 405 g/mol. The Balaban J connectivity index is 1.70. The minimum atomic E-state index is -3.97. The summed E-state index contributed by atoms with van der Waals surface area (Å²) < 4.78 is 47.8. The minimum Gasteiger partial charge on any atom is -0.454 e. The summed E-state index contributed by atoms with van der Waals surface area (Å²) in [6.07, 6.45) is 0. The number of hydrogen-bond donors (Lipinski definition) is 2. The molecule has 1 aliphatic rings. The monoisotopic (exact) mass is 417 g/mol. The van der Waals surface area contributed by atoms with Gasteiger partial charge in [0.1, 0.15) is 22.1 Å². The first-order chi connectivity index (χ1) is 13.4. The highest BCUT2D eigenvalue weighted by Crippen LogP contribution is 2.39. The third-order valence-corrected chi connectivity index (χ3v) is 5.52. The van der Waals surface area contributed by atoms with Gasteiger partial charge in [0.05, 0.1) is 5.02 Å². The van der Waals surface area contributed by atoms with E-state index >= 15 is 0 Å². The lowest BCUT2D eigenvalue weighted by molar-refractivity contribution is 0.483. The van der Waals surface area contributed by atoms with Gasteiger partial charge < -0.3 is 15.4 Å². The largest absolute Gasteiger partial charge is 0.454 e. The number of guanidine groups is 1. The van der Waals surface area contributed by atoms with Crippen LogP contribution in [0.5, 0.6) is 11.5 Å². The number of halogens is 2. The lowest BCUT2D eigenvalue weighted by Crippen LogP contribution is -2.28. The van der Waals surface area contributed by atoms with Crippen molar-refractivity contribution < 1.29 is 17.5 Å². The summed E-state index contributed by atoms with van der Waals surface area (Å²) in [6, 6.07) is 16.9. The van der Waals surface area contributed by atoms with Crippen molar-refractivity contribution in [3.63, 3.8) is 0 Å². The van der Waals surface area contributed by atoms with Gasteiger partial charge in [0, 0.05) is 5.69 Å². The molecule has 0 bridgehead atoms. The Bertz CT molecular complexity index is 1180. The summed E-state index contributed by atoms with van der Waals surface area (Å²) in [7, 11) is -3.97. The van der Waals surface area contributed by atoms with Crippen molar-refractivity contribution in [1.82, 2.24) is 0 Å². The maximum absolute atomic E-state index is 13.1. The molecule has 0 fully saturated rings. The molecule has 0 unspecified atom stereocenters. The Morgan fingerprint density at radius 2 is 1.68 bits per heavy atom. The molecule has 3 aromatic rings. The van der Waals surface area contributed by atoms with Gasteiger partial charge in [-0.1, -0.05) is 29.8 Å². The third-order valence-electron chi connectivity index (χ3n) is 3.88. The zero-order valence-corrected chi connectivity index (χ0v) is 15.8. The van der Waals surface area contributed by atoms with Crippen molar-refractivity contribution in [2.75, 3.05) is 10.6 Å². The van der Waals surface area contributed by atoms with E-state index in [0.717, 1.165) is 0 Å². The van der Waals surface area contributed by atoms with Gasteiger partial charge in [0.2, 0.25) is 5.96 Å². The Hall–Kier alpha value is -3.10. The average molecular weight is 418 g/mol. The van der Waals surface area contributed by atoms with E-state index in [4.69, 9.17) is 16.3 Å². The molecule has 6 nitrogen and oxygen atoms in total. The number of rotatable bonds is 3. The highest BCUT2D eigenvalue weighted by atomic mass is 35.5. The van der Waals surface area contributed by atoms with Crippen LogP contribution in [0.1, 0.15) is 0 Å². The van der Waals surface area contributed by atoms with Gasteiger partial charge in [0.15, 0.2) is 5.75 Å². The maximum Gasteiger partial charge on any atom is 0.287 e. The number of hydrogen-bond acceptors (Lipinski definition) is 5. The van der Waals surface area contributed by atoms with Crippen LogP contribution in [0.2, 0.25) is 5.02 Å². The van der Waals surface area contributed by atoms with Crippen LogP contribution in [0.3, 0.4) is 0 Å². The summed E-state index contributed by atoms with van der Waals surface area (Å²) in [6.45, 7) is 0. The number of para-hydroxylation sites is 2. The van der Waals surface area contributed by atoms with Gasteiger partial charge in [-0.2, -0.15) is 8.42 Å². The second-order valence-corrected chi connectivity index (χ2v) is 7.81. The van der Waals surface area contributed by atoms with E-state index in [9.17, 15) is 12.8 Å². The molecule has 28 heavy (non-hydrogen) atoms. The SMILES string of the molecule is O=S1(=O)N=C(Nc2ccc(F)cc2)Nc2c(Oc3ccccc3Cl)cccc21. The summed E-state index contributed by atoms with van der Waals surface area (Å²) >= 11 is 6.13. The van der Waals surface area contributed by atoms with Crippen molar-refractivity contribution in [2.45, 2.75) is 4.90 Å². The molecule has 0 radical (unpaired) electrons. The van der Waals surface area contributed by atoms with Gasteiger partial charge >= 0.3 is 0 Å². The third kappa shape index (κ3) is 3.64. The molecule has 0 aliphatic carbocycles. The molecule has 0 atom stereocenters. The summed E-state index contributed by atoms with van der Waals surface area (Å²) in [5, 5.41) is 6.13. The number of anilines is 2. The van der Waals surface area contributed by atoms with Crippen molar-refractivity contribution in [2.24, 2.45) is 4.40 Å². The molecule has 0 amide bonds. The molecule has 142 valence electrons. The van der Waals surface area contributed by atoms with E-state index < -0.39 is 15.8 Å². The fourth-order valence-electron chi connectivity index (χ4n) is 2.61. The molecule has 0 saturated heterocycles. The zero-order valence-electron chi connectivity index (χ0n) is 14.2. The Morgan fingerprint density at radius 3 is 2.43 bits per heavy atom. The van der Waals surface area contributed by atoms with E-state index in [-0.39, 0.29) is 22.3 Å². The normalized spacial score (nSPS) is 14.4. The molecule has 3 aromatic carbocycles. The highest BCUT2D eigenvalue weighted by Gasteiger charge is 2.28. The minimum absolute atomic E-state index is 0.0262. The maximum atomic E-state index is 13.1. The quantitative estimate of drug-likeness (QED) is 0.636. The second kappa shape index (κ2) is 7.14. The number of nitrogens with zero attached hydrogens (tertiary/aromatic N) is 1. The van der Waals surface area contributed by atoms with Crippen LogP contribution < -0.4 is 15.4 Å². The number of ether oxygens (including phenoxy) is 1. The number of nitrogens with one attached hydrogen (secondary N) is 2. The molecular formula is C19H13ClFN3O3S. The lowest BCUT2D eigenvalue weighted by Gasteiger charge is -2.21. The van der Waals surface area contributed by atoms with Crippen LogP contribution >= 0.6 is 11.6 Å². The molecule has 4 rings (SSSR count). The molecule has 2 N–H and O–H groups in total. The van der Waals surface area contributed by atoms with Crippen LogP contribution in [0.15, 0.2) is 76.0 Å². The van der Waals surface area contributed by atoms with Gasteiger partial charge in [-0.3, -0.25) is 0 Å². The predicted molar refractivity (Wildman–Crippen MR) is 106 cm³/mol. The van der Waals surface area contributed by atoms with Crippen LogP contribution in [-0.4, -0.2) is 14.4 Å². The molecule has 0 spiro atoms. The zero-order chi connectivity index (χ0) is 19.7. The second-order valence-electron chi connectivity index (χ2n) is 5.83. The fourth-order valence-corrected chi connectivity index (χ4v) is 3.88. The Labute approximate surface area is 165 Å². The van der Waals surface area contributed by atoms with Crippen LogP contribution in [0.25, 0.3) is 0 Å². The van der Waals surface area contributed by atoms with E-state index in [2.05, 4.69) is 15.0 Å². The summed E-state index contributed by atoms with van der Waals surface area (Å²) in [4.78, 5) is -0.0262. The molecule has 0 saturated carbocycles. The van der Waals surface area contributed by atoms with Crippen LogP contribution in [-0.2, 0) is 10.0 Å². The van der Waals surface area contributed by atoms with Crippen molar-refractivity contribution in [3.05, 3.63) is 77.6 Å². The van der Waals surface area contributed by atoms with Crippen molar-refractivity contribution in [3.8, 4) is 11.5 Å². The van der Waals surface area contributed by atoms with E-state index in [1.165, 1.54) is 30.3 Å². The van der Waals surface area contributed by atoms with Gasteiger partial charge in [-0.15, -0.1) is 4.40 Å². The van der Waals surface area contributed by atoms with Crippen molar-refractivity contribution >= 4 is 39.0 Å². The van der Waals surface area contributed by atoms with Crippen LogP contribution in [0.4, 0.5) is 15.8 Å². The van der Waals surface area contributed by atoms with Crippen molar-refractivity contribution in [1.29, 1.82) is 0 Å². The summed E-state index contributed by atoms with van der Waals surface area (Å²) in [5.74, 6) is 0.210. The van der Waals surface area contributed by atoms with Gasteiger partial charge in [-0.05, 0) is 48.5 Å². The highest BCUT2D eigenvalue weighted by molar-refractivity contribution is 7.90. The molecule has 1 aliphatic heterocycles. The molecule has 1 heterocycles. The average Bonchev–Trinajstić information content (AvgIpc) is 2.66. The molecule has 0 aromatic heterocycles. The first-order valence-electron chi connectivity index (χ1n) is 8.12. The topological polar surface area (TPSA) is 79.8 Å². The first-order valence-corrected chi connectivity index (χ1v) is 9.94. The number of fused-ring (bicyclic) bond motifs is 1.